The van der Waals surface area contributed by atoms with Gasteiger partial charge in [0.05, 0.1) is 0 Å². The number of nitrogens with zero attached hydrogens (tertiary/aromatic N) is 4. The molecule has 0 saturated carbocycles. The third-order valence-electron chi connectivity index (χ3n) is 3.59. The largest absolute Gasteiger partial charge is 0.480 e. The van der Waals surface area contributed by atoms with Crippen molar-refractivity contribution in [1.82, 2.24) is 24.9 Å². The molecule has 0 aliphatic rings. The molecule has 0 unspecified atom stereocenters. The van der Waals surface area contributed by atoms with E-state index < -0.39 is 17.9 Å². The van der Waals surface area contributed by atoms with Gasteiger partial charge in [-0.25, -0.2) is 14.3 Å². The molecule has 0 spiro atoms. The normalized spacial score (nSPS) is 13.8. The number of aryl methyl sites for hydroxylation is 2. The maximum atomic E-state index is 12.2. The van der Waals surface area contributed by atoms with Gasteiger partial charge in [-0.1, -0.05) is 20.3 Å². The van der Waals surface area contributed by atoms with Gasteiger partial charge in [0.25, 0.3) is 11.7 Å². The number of carbonyl (C=O) groups excluding carboxylic acids is 1. The number of aliphatic carboxylic acids is 1. The van der Waals surface area contributed by atoms with E-state index in [0.29, 0.717) is 12.2 Å². The van der Waals surface area contributed by atoms with Crippen LogP contribution in [0.2, 0.25) is 0 Å². The summed E-state index contributed by atoms with van der Waals surface area (Å²) in [5.74, 6) is -1.65. The second-order valence-electron chi connectivity index (χ2n) is 5.36. The Kier molecular flexibility index (Phi) is 4.39. The molecule has 0 aliphatic carbocycles. The van der Waals surface area contributed by atoms with Crippen molar-refractivity contribution in [3.05, 3.63) is 23.3 Å². The Balaban J connectivity index is 2.29. The number of fused-ring (bicyclic) bond motifs is 1. The quantitative estimate of drug-likeness (QED) is 0.852. The van der Waals surface area contributed by atoms with Gasteiger partial charge < -0.3 is 10.4 Å². The van der Waals surface area contributed by atoms with Gasteiger partial charge in [0, 0.05) is 11.4 Å². The topological polar surface area (TPSA) is 109 Å². The van der Waals surface area contributed by atoms with Crippen LogP contribution < -0.4 is 5.32 Å². The van der Waals surface area contributed by atoms with Crippen LogP contribution in [0.4, 0.5) is 0 Å². The molecule has 0 saturated heterocycles. The molecule has 2 rings (SSSR count). The van der Waals surface area contributed by atoms with Gasteiger partial charge >= 0.3 is 5.97 Å². The summed E-state index contributed by atoms with van der Waals surface area (Å²) in [6.45, 7) is 7.29. The number of hydrogen-bond acceptors (Lipinski definition) is 5. The molecule has 2 aromatic rings. The standard InChI is InChI=1S/C14H19N5O3/c1-5-7(2)10(13(21)22)16-12(20)11-17-14-15-8(3)6-9(4)19(14)18-11/h6-7,10H,5H2,1-4H3,(H,16,20)(H,21,22)/t7-,10-/m0/s1. The summed E-state index contributed by atoms with van der Waals surface area (Å²) in [7, 11) is 0. The number of carboxylic acids is 1. The molecule has 8 heteroatoms. The predicted molar refractivity (Wildman–Crippen MR) is 78.6 cm³/mol. The summed E-state index contributed by atoms with van der Waals surface area (Å²) in [6, 6.07) is 0.850. The molecule has 0 fully saturated rings. The van der Waals surface area contributed by atoms with E-state index in [1.807, 2.05) is 26.8 Å². The minimum Gasteiger partial charge on any atom is -0.480 e. The highest BCUT2D eigenvalue weighted by Gasteiger charge is 2.27. The van der Waals surface area contributed by atoms with E-state index >= 15 is 0 Å². The first kappa shape index (κ1) is 15.9. The average molecular weight is 305 g/mol. The van der Waals surface area contributed by atoms with Crippen molar-refractivity contribution in [1.29, 1.82) is 0 Å². The number of hydrogen-bond donors (Lipinski definition) is 2. The molecule has 0 aliphatic heterocycles. The number of aromatic nitrogens is 4. The van der Waals surface area contributed by atoms with Gasteiger partial charge in [0.2, 0.25) is 5.82 Å². The van der Waals surface area contributed by atoms with Gasteiger partial charge in [0.15, 0.2) is 0 Å². The van der Waals surface area contributed by atoms with E-state index in [1.54, 1.807) is 6.92 Å². The van der Waals surface area contributed by atoms with Gasteiger partial charge in [-0.05, 0) is 25.8 Å². The second kappa shape index (κ2) is 6.08. The summed E-state index contributed by atoms with van der Waals surface area (Å²) in [5, 5.41) is 15.8. The zero-order valence-electron chi connectivity index (χ0n) is 13.0. The zero-order valence-corrected chi connectivity index (χ0v) is 13.0. The molecule has 0 aromatic carbocycles. The van der Waals surface area contributed by atoms with Gasteiger partial charge in [-0.15, -0.1) is 5.10 Å². The zero-order chi connectivity index (χ0) is 16.4. The maximum Gasteiger partial charge on any atom is 0.326 e. The van der Waals surface area contributed by atoms with Crippen molar-refractivity contribution < 1.29 is 14.7 Å². The molecular formula is C14H19N5O3. The summed E-state index contributed by atoms with van der Waals surface area (Å²) >= 11 is 0. The number of carboxylic acid groups (broad SMARTS) is 1. The van der Waals surface area contributed by atoms with Gasteiger partial charge in [-0.3, -0.25) is 4.79 Å². The average Bonchev–Trinajstić information content (AvgIpc) is 2.87. The summed E-state index contributed by atoms with van der Waals surface area (Å²) in [6.07, 6.45) is 0.635. The Morgan fingerprint density at radius 1 is 1.36 bits per heavy atom. The van der Waals surface area contributed by atoms with Crippen LogP contribution in [-0.4, -0.2) is 42.6 Å². The molecule has 0 radical (unpaired) electrons. The molecule has 2 atom stereocenters. The van der Waals surface area contributed by atoms with Crippen molar-refractivity contribution in [3.63, 3.8) is 0 Å². The maximum absolute atomic E-state index is 12.2. The third-order valence-corrected chi connectivity index (χ3v) is 3.59. The number of rotatable bonds is 5. The fourth-order valence-electron chi connectivity index (χ4n) is 2.15. The van der Waals surface area contributed by atoms with Crippen LogP contribution in [0.25, 0.3) is 5.78 Å². The minimum atomic E-state index is -1.07. The Morgan fingerprint density at radius 3 is 2.64 bits per heavy atom. The van der Waals surface area contributed by atoms with Crippen LogP contribution in [0, 0.1) is 19.8 Å². The fourth-order valence-corrected chi connectivity index (χ4v) is 2.15. The summed E-state index contributed by atoms with van der Waals surface area (Å²) in [5.41, 5.74) is 1.57. The minimum absolute atomic E-state index is 0.0873. The van der Waals surface area contributed by atoms with E-state index in [4.69, 9.17) is 0 Å². The first-order valence-electron chi connectivity index (χ1n) is 7.08. The van der Waals surface area contributed by atoms with Crippen LogP contribution in [0.15, 0.2) is 6.07 Å². The highest BCUT2D eigenvalue weighted by molar-refractivity contribution is 5.93. The SMILES string of the molecule is CC[C@H](C)[C@H](NC(=O)c1nc2nc(C)cc(C)n2n1)C(=O)O. The smallest absolute Gasteiger partial charge is 0.326 e. The van der Waals surface area contributed by atoms with E-state index in [9.17, 15) is 14.7 Å². The lowest BCUT2D eigenvalue weighted by molar-refractivity contribution is -0.140. The van der Waals surface area contributed by atoms with Crippen molar-refractivity contribution in [2.24, 2.45) is 5.92 Å². The molecular weight excluding hydrogens is 286 g/mol. The monoisotopic (exact) mass is 305 g/mol. The Labute approximate surface area is 127 Å². The molecule has 1 amide bonds. The molecule has 22 heavy (non-hydrogen) atoms. The predicted octanol–water partition coefficient (Wildman–Crippen LogP) is 0.970. The highest BCUT2D eigenvalue weighted by Crippen LogP contribution is 2.10. The van der Waals surface area contributed by atoms with Crippen molar-refractivity contribution >= 4 is 17.7 Å². The van der Waals surface area contributed by atoms with Crippen molar-refractivity contribution in [2.45, 2.75) is 40.2 Å². The Morgan fingerprint density at radius 2 is 2.05 bits per heavy atom. The van der Waals surface area contributed by atoms with Gasteiger partial charge in [-0.2, -0.15) is 4.98 Å². The first-order valence-corrected chi connectivity index (χ1v) is 7.08. The Hall–Kier alpha value is -2.51. The highest BCUT2D eigenvalue weighted by atomic mass is 16.4. The lowest BCUT2D eigenvalue weighted by Crippen LogP contribution is -2.45. The van der Waals surface area contributed by atoms with E-state index in [0.717, 1.165) is 11.4 Å². The third kappa shape index (κ3) is 3.05. The molecule has 8 nitrogen and oxygen atoms in total. The molecule has 118 valence electrons. The van der Waals surface area contributed by atoms with Crippen LogP contribution in [-0.2, 0) is 4.79 Å². The van der Waals surface area contributed by atoms with Crippen molar-refractivity contribution in [2.75, 3.05) is 0 Å². The number of carbonyl (C=O) groups is 2. The van der Waals surface area contributed by atoms with Gasteiger partial charge in [0.1, 0.15) is 6.04 Å². The number of nitrogens with one attached hydrogen (secondary N) is 1. The molecule has 2 aromatic heterocycles. The molecule has 2 heterocycles. The lowest BCUT2D eigenvalue weighted by Gasteiger charge is -2.19. The lowest BCUT2D eigenvalue weighted by atomic mass is 9.99. The van der Waals surface area contributed by atoms with E-state index in [2.05, 4.69) is 20.4 Å². The fraction of sp³-hybridized carbons (Fsp3) is 0.500. The summed E-state index contributed by atoms with van der Waals surface area (Å²) < 4.78 is 1.46. The van der Waals surface area contributed by atoms with Crippen LogP contribution >= 0.6 is 0 Å². The van der Waals surface area contributed by atoms with E-state index in [-0.39, 0.29) is 11.7 Å². The van der Waals surface area contributed by atoms with Crippen LogP contribution in [0.3, 0.4) is 0 Å². The van der Waals surface area contributed by atoms with Crippen LogP contribution in [0.5, 0.6) is 0 Å². The van der Waals surface area contributed by atoms with E-state index in [1.165, 1.54) is 4.52 Å². The molecule has 2 N–H and O–H groups in total. The summed E-state index contributed by atoms with van der Waals surface area (Å²) in [4.78, 5) is 31.7. The number of amides is 1. The second-order valence-corrected chi connectivity index (χ2v) is 5.36. The van der Waals surface area contributed by atoms with Crippen molar-refractivity contribution in [3.8, 4) is 0 Å². The Bertz CT molecular complexity index is 725. The first-order chi connectivity index (χ1) is 10.3. The van der Waals surface area contributed by atoms with Crippen LogP contribution in [0.1, 0.15) is 42.3 Å². The molecule has 0 bridgehead atoms.